The summed E-state index contributed by atoms with van der Waals surface area (Å²) < 4.78 is 1.24. The van der Waals surface area contributed by atoms with E-state index < -0.39 is 0 Å². The fourth-order valence-corrected chi connectivity index (χ4v) is 5.26. The summed E-state index contributed by atoms with van der Waals surface area (Å²) in [6, 6.07) is 14.8. The van der Waals surface area contributed by atoms with Gasteiger partial charge >= 0.3 is 0 Å². The molecule has 4 nitrogen and oxygen atoms in total. The number of hydrogen-bond acceptors (Lipinski definition) is 4. The van der Waals surface area contributed by atoms with Crippen LogP contribution in [0.1, 0.15) is 40.5 Å². The second kappa shape index (κ2) is 8.64. The van der Waals surface area contributed by atoms with Crippen molar-refractivity contribution in [1.82, 2.24) is 14.8 Å². The zero-order chi connectivity index (χ0) is 20.4. The van der Waals surface area contributed by atoms with Crippen molar-refractivity contribution >= 4 is 27.5 Å². The fourth-order valence-electron chi connectivity index (χ4n) is 4.17. The van der Waals surface area contributed by atoms with Crippen molar-refractivity contribution in [3.8, 4) is 0 Å². The number of piperidine rings is 1. The minimum atomic E-state index is 0.225. The van der Waals surface area contributed by atoms with E-state index in [0.717, 1.165) is 38.0 Å². The van der Waals surface area contributed by atoms with E-state index in [1.165, 1.54) is 26.4 Å². The Hall–Kier alpha value is -2.24. The van der Waals surface area contributed by atoms with Gasteiger partial charge in [-0.05, 0) is 57.0 Å². The lowest BCUT2D eigenvalue weighted by Crippen LogP contribution is -2.43. The topological polar surface area (TPSA) is 36.4 Å². The quantitative estimate of drug-likeness (QED) is 0.612. The molecule has 0 saturated carbocycles. The lowest BCUT2D eigenvalue weighted by molar-refractivity contribution is -0.133. The first-order valence-corrected chi connectivity index (χ1v) is 11.2. The van der Waals surface area contributed by atoms with Crippen molar-refractivity contribution < 1.29 is 4.79 Å². The zero-order valence-corrected chi connectivity index (χ0v) is 18.3. The Labute approximate surface area is 177 Å². The van der Waals surface area contributed by atoms with E-state index in [9.17, 15) is 4.79 Å². The van der Waals surface area contributed by atoms with Crippen molar-refractivity contribution in [3.63, 3.8) is 0 Å². The molecule has 1 saturated heterocycles. The number of fused-ring (bicyclic) bond motifs is 1. The van der Waals surface area contributed by atoms with E-state index in [0.29, 0.717) is 12.5 Å². The minimum Gasteiger partial charge on any atom is -0.341 e. The van der Waals surface area contributed by atoms with Crippen LogP contribution < -0.4 is 0 Å². The van der Waals surface area contributed by atoms with Gasteiger partial charge in [0.1, 0.15) is 0 Å². The summed E-state index contributed by atoms with van der Waals surface area (Å²) in [5, 5.41) is 1.17. The van der Waals surface area contributed by atoms with E-state index in [1.807, 2.05) is 18.0 Å². The molecule has 0 bridgehead atoms. The molecule has 0 spiro atoms. The number of amides is 1. The molecule has 2 aromatic carbocycles. The van der Waals surface area contributed by atoms with Crippen LogP contribution in [-0.2, 0) is 11.3 Å². The first kappa shape index (κ1) is 20.0. The Morgan fingerprint density at radius 1 is 1.24 bits per heavy atom. The maximum Gasteiger partial charge on any atom is 0.236 e. The summed E-state index contributed by atoms with van der Waals surface area (Å²) in [5.41, 5.74) is 4.93. The third-order valence-electron chi connectivity index (χ3n) is 5.78. The average Bonchev–Trinajstić information content (AvgIpc) is 3.14. The van der Waals surface area contributed by atoms with Crippen LogP contribution in [0.5, 0.6) is 0 Å². The minimum absolute atomic E-state index is 0.225. The molecule has 0 radical (unpaired) electrons. The number of hydrogen-bond donors (Lipinski definition) is 0. The summed E-state index contributed by atoms with van der Waals surface area (Å²) in [6.07, 6.45) is 2.16. The van der Waals surface area contributed by atoms with Crippen LogP contribution in [0, 0.1) is 13.8 Å². The van der Waals surface area contributed by atoms with Crippen LogP contribution in [0.25, 0.3) is 10.2 Å². The number of thiazole rings is 1. The third kappa shape index (κ3) is 4.68. The van der Waals surface area contributed by atoms with Crippen molar-refractivity contribution in [2.75, 3.05) is 26.7 Å². The molecule has 1 aliphatic heterocycles. The normalized spacial score (nSPS) is 17.2. The third-order valence-corrected chi connectivity index (χ3v) is 6.98. The molecule has 1 atom stereocenters. The summed E-state index contributed by atoms with van der Waals surface area (Å²) in [5.74, 6) is 0.581. The maximum absolute atomic E-state index is 13.0. The van der Waals surface area contributed by atoms with Crippen LogP contribution in [0.15, 0.2) is 42.5 Å². The highest BCUT2D eigenvalue weighted by Gasteiger charge is 2.27. The highest BCUT2D eigenvalue weighted by atomic mass is 32.1. The monoisotopic (exact) mass is 407 g/mol. The summed E-state index contributed by atoms with van der Waals surface area (Å²) >= 11 is 1.78. The van der Waals surface area contributed by atoms with E-state index in [2.05, 4.69) is 55.1 Å². The molecule has 1 aliphatic rings. The van der Waals surface area contributed by atoms with Gasteiger partial charge in [0.15, 0.2) is 0 Å². The summed E-state index contributed by atoms with van der Waals surface area (Å²) in [7, 11) is 2.03. The number of carbonyl (C=O) groups is 1. The van der Waals surface area contributed by atoms with Gasteiger partial charge in [-0.15, -0.1) is 11.3 Å². The first-order chi connectivity index (χ1) is 14.0. The Bertz CT molecular complexity index is 979. The van der Waals surface area contributed by atoms with Crippen LogP contribution in [0.4, 0.5) is 0 Å². The van der Waals surface area contributed by atoms with Gasteiger partial charge < -0.3 is 4.90 Å². The number of carbonyl (C=O) groups excluding carboxylic acids is 1. The van der Waals surface area contributed by atoms with Gasteiger partial charge in [0.2, 0.25) is 5.91 Å². The van der Waals surface area contributed by atoms with Crippen LogP contribution in [-0.4, -0.2) is 47.4 Å². The second-order valence-corrected chi connectivity index (χ2v) is 9.36. The van der Waals surface area contributed by atoms with E-state index >= 15 is 0 Å². The molecular formula is C24H29N3OS. The molecule has 29 heavy (non-hydrogen) atoms. The van der Waals surface area contributed by atoms with Crippen LogP contribution in [0.3, 0.4) is 0 Å². The van der Waals surface area contributed by atoms with Gasteiger partial charge in [0, 0.05) is 25.6 Å². The predicted octanol–water partition coefficient (Wildman–Crippen LogP) is 4.75. The molecular weight excluding hydrogens is 378 g/mol. The van der Waals surface area contributed by atoms with E-state index in [1.54, 1.807) is 11.3 Å². The van der Waals surface area contributed by atoms with E-state index in [4.69, 9.17) is 4.98 Å². The van der Waals surface area contributed by atoms with Crippen molar-refractivity contribution in [3.05, 3.63) is 64.2 Å². The van der Waals surface area contributed by atoms with Crippen molar-refractivity contribution in [2.24, 2.45) is 0 Å². The molecule has 0 aliphatic carbocycles. The molecule has 1 aromatic heterocycles. The van der Waals surface area contributed by atoms with Crippen molar-refractivity contribution in [1.29, 1.82) is 0 Å². The summed E-state index contributed by atoms with van der Waals surface area (Å²) in [6.45, 7) is 7.16. The Balaban J connectivity index is 1.38. The largest absolute Gasteiger partial charge is 0.341 e. The molecule has 1 fully saturated rings. The number of nitrogens with zero attached hydrogens (tertiary/aromatic N) is 3. The highest BCUT2D eigenvalue weighted by molar-refractivity contribution is 7.18. The Morgan fingerprint density at radius 3 is 2.86 bits per heavy atom. The zero-order valence-electron chi connectivity index (χ0n) is 17.5. The van der Waals surface area contributed by atoms with Gasteiger partial charge in [-0.1, -0.05) is 35.9 Å². The van der Waals surface area contributed by atoms with Crippen LogP contribution in [0.2, 0.25) is 0 Å². The van der Waals surface area contributed by atoms with Gasteiger partial charge in [-0.2, -0.15) is 0 Å². The molecule has 152 valence electrons. The maximum atomic E-state index is 13.0. The Morgan fingerprint density at radius 2 is 2.07 bits per heavy atom. The number of likely N-dealkylation sites (tertiary alicyclic amines) is 1. The number of likely N-dealkylation sites (N-methyl/N-ethyl adjacent to an activating group) is 1. The van der Waals surface area contributed by atoms with E-state index in [-0.39, 0.29) is 5.91 Å². The molecule has 3 aromatic rings. The number of para-hydroxylation sites is 1. The first-order valence-electron chi connectivity index (χ1n) is 10.4. The van der Waals surface area contributed by atoms with Gasteiger partial charge in [-0.3, -0.25) is 9.69 Å². The number of rotatable bonds is 5. The van der Waals surface area contributed by atoms with Crippen molar-refractivity contribution in [2.45, 2.75) is 39.2 Å². The van der Waals surface area contributed by atoms with Gasteiger partial charge in [0.25, 0.3) is 0 Å². The SMILES string of the molecule is Cc1ccc(CN(C)CC(=O)N2CCC[C@H](c3nc4ccccc4s3)C2)c(C)c1. The Kier molecular flexibility index (Phi) is 5.97. The smallest absolute Gasteiger partial charge is 0.236 e. The number of benzene rings is 2. The number of aromatic nitrogens is 1. The molecule has 2 heterocycles. The lowest BCUT2D eigenvalue weighted by atomic mass is 9.98. The molecule has 0 unspecified atom stereocenters. The van der Waals surface area contributed by atoms with Gasteiger partial charge in [0.05, 0.1) is 21.8 Å². The highest BCUT2D eigenvalue weighted by Crippen LogP contribution is 2.33. The predicted molar refractivity (Wildman–Crippen MR) is 120 cm³/mol. The summed E-state index contributed by atoms with van der Waals surface area (Å²) in [4.78, 5) is 22.0. The molecule has 1 amide bonds. The standard InChI is InChI=1S/C24H29N3OS/c1-17-10-11-19(18(2)13-17)14-26(3)16-23(28)27-12-6-7-20(15-27)24-25-21-8-4-5-9-22(21)29-24/h4-5,8-11,13,20H,6-7,12,14-16H2,1-3H3/t20-/m0/s1. The number of aryl methyl sites for hydroxylation is 2. The van der Waals surface area contributed by atoms with Crippen LogP contribution >= 0.6 is 11.3 Å². The average molecular weight is 408 g/mol. The fraction of sp³-hybridized carbons (Fsp3) is 0.417. The molecule has 5 heteroatoms. The van der Waals surface area contributed by atoms with Gasteiger partial charge in [-0.25, -0.2) is 4.98 Å². The lowest BCUT2D eigenvalue weighted by Gasteiger charge is -2.33. The molecule has 0 N–H and O–H groups in total. The molecule has 4 rings (SSSR count). The second-order valence-electron chi connectivity index (χ2n) is 8.30.